The van der Waals surface area contributed by atoms with Crippen molar-refractivity contribution in [1.29, 1.82) is 0 Å². The molecule has 1 nitrogen and oxygen atoms in total. The molecular formula is C10H9Br2FO. The average molecular weight is 324 g/mol. The van der Waals surface area contributed by atoms with E-state index >= 15 is 0 Å². The minimum absolute atomic E-state index is 0.142. The van der Waals surface area contributed by atoms with Crippen molar-refractivity contribution in [3.63, 3.8) is 0 Å². The van der Waals surface area contributed by atoms with Gasteiger partial charge in [0.15, 0.2) is 0 Å². The molecule has 0 spiro atoms. The Labute approximate surface area is 98.6 Å². The Morgan fingerprint density at radius 3 is 2.64 bits per heavy atom. The van der Waals surface area contributed by atoms with Gasteiger partial charge < -0.3 is 5.11 Å². The monoisotopic (exact) mass is 322 g/mol. The number of aliphatic hydroxyl groups is 1. The van der Waals surface area contributed by atoms with Gasteiger partial charge in [-0.05, 0) is 56.0 Å². The van der Waals surface area contributed by atoms with Crippen LogP contribution < -0.4 is 0 Å². The van der Waals surface area contributed by atoms with Gasteiger partial charge in [0.2, 0.25) is 0 Å². The summed E-state index contributed by atoms with van der Waals surface area (Å²) >= 11 is 6.72. The molecule has 1 fully saturated rings. The number of aliphatic hydroxyl groups excluding tert-OH is 1. The highest BCUT2D eigenvalue weighted by Crippen LogP contribution is 2.54. The largest absolute Gasteiger partial charge is 0.393 e. The molecule has 1 N–H and O–H groups in total. The van der Waals surface area contributed by atoms with E-state index in [1.165, 1.54) is 0 Å². The third-order valence-electron chi connectivity index (χ3n) is 2.62. The SMILES string of the molecule is OC[C@]1(F)C[C@H]1c1ccc(Br)c(Br)c1. The van der Waals surface area contributed by atoms with Crippen LogP contribution in [0, 0.1) is 0 Å². The molecule has 4 heteroatoms. The van der Waals surface area contributed by atoms with Gasteiger partial charge >= 0.3 is 0 Å². The van der Waals surface area contributed by atoms with E-state index in [4.69, 9.17) is 5.11 Å². The van der Waals surface area contributed by atoms with E-state index in [9.17, 15) is 4.39 Å². The predicted molar refractivity (Wildman–Crippen MR) is 60.1 cm³/mol. The molecule has 0 bridgehead atoms. The molecule has 1 aliphatic rings. The highest BCUT2D eigenvalue weighted by Gasteiger charge is 2.55. The van der Waals surface area contributed by atoms with E-state index in [0.29, 0.717) is 6.42 Å². The van der Waals surface area contributed by atoms with Crippen LogP contribution in [0.25, 0.3) is 0 Å². The van der Waals surface area contributed by atoms with Crippen molar-refractivity contribution in [3.05, 3.63) is 32.7 Å². The highest BCUT2D eigenvalue weighted by atomic mass is 79.9. The fourth-order valence-electron chi connectivity index (χ4n) is 1.60. The van der Waals surface area contributed by atoms with Crippen LogP contribution in [0.15, 0.2) is 27.1 Å². The van der Waals surface area contributed by atoms with E-state index in [1.807, 2.05) is 18.2 Å². The van der Waals surface area contributed by atoms with Crippen LogP contribution >= 0.6 is 31.9 Å². The maximum atomic E-state index is 13.5. The first-order valence-corrected chi connectivity index (χ1v) is 5.90. The van der Waals surface area contributed by atoms with Gasteiger partial charge in [-0.2, -0.15) is 0 Å². The molecule has 2 atom stereocenters. The van der Waals surface area contributed by atoms with Crippen molar-refractivity contribution in [2.45, 2.75) is 18.0 Å². The lowest BCUT2D eigenvalue weighted by Crippen LogP contribution is -2.09. The smallest absolute Gasteiger partial charge is 0.141 e. The zero-order valence-electron chi connectivity index (χ0n) is 7.30. The Morgan fingerprint density at radius 2 is 2.14 bits per heavy atom. The summed E-state index contributed by atoms with van der Waals surface area (Å²) in [5.74, 6) is -0.142. The summed E-state index contributed by atoms with van der Waals surface area (Å²) in [6.45, 7) is -0.384. The Kier molecular flexibility index (Phi) is 2.70. The zero-order chi connectivity index (χ0) is 10.3. The zero-order valence-corrected chi connectivity index (χ0v) is 10.5. The maximum absolute atomic E-state index is 13.5. The molecule has 1 aromatic carbocycles. The van der Waals surface area contributed by atoms with E-state index in [1.54, 1.807) is 0 Å². The lowest BCUT2D eigenvalue weighted by Gasteiger charge is -2.05. The number of rotatable bonds is 2. The van der Waals surface area contributed by atoms with Crippen LogP contribution in [-0.2, 0) is 0 Å². The van der Waals surface area contributed by atoms with E-state index in [-0.39, 0.29) is 12.5 Å². The summed E-state index contributed by atoms with van der Waals surface area (Å²) in [6, 6.07) is 5.66. The van der Waals surface area contributed by atoms with Gasteiger partial charge in [0.25, 0.3) is 0 Å². The Morgan fingerprint density at radius 1 is 1.43 bits per heavy atom. The third kappa shape index (κ3) is 1.75. The molecule has 0 radical (unpaired) electrons. The highest BCUT2D eigenvalue weighted by molar-refractivity contribution is 9.13. The number of alkyl halides is 1. The molecule has 1 aromatic rings. The summed E-state index contributed by atoms with van der Waals surface area (Å²) in [5, 5.41) is 8.82. The lowest BCUT2D eigenvalue weighted by molar-refractivity contribution is 0.155. The van der Waals surface area contributed by atoms with Crippen molar-refractivity contribution in [1.82, 2.24) is 0 Å². The molecule has 1 aliphatic carbocycles. The molecule has 0 saturated heterocycles. The molecule has 0 heterocycles. The Bertz CT molecular complexity index is 369. The first kappa shape index (κ1) is 10.6. The van der Waals surface area contributed by atoms with Gasteiger partial charge in [0, 0.05) is 14.9 Å². The summed E-state index contributed by atoms with van der Waals surface area (Å²) < 4.78 is 15.4. The summed E-state index contributed by atoms with van der Waals surface area (Å²) in [6.07, 6.45) is 0.428. The molecule has 0 unspecified atom stereocenters. The average Bonchev–Trinajstić information content (AvgIpc) is 2.84. The standard InChI is InChI=1S/C10H9Br2FO/c11-8-2-1-6(3-9(8)12)7-4-10(7,13)5-14/h1-3,7,14H,4-5H2/t7-,10+/m0/s1. The van der Waals surface area contributed by atoms with Crippen LogP contribution in [0.3, 0.4) is 0 Å². The maximum Gasteiger partial charge on any atom is 0.141 e. The molecule has 2 rings (SSSR count). The number of hydrogen-bond acceptors (Lipinski definition) is 1. The lowest BCUT2D eigenvalue weighted by atomic mass is 10.1. The van der Waals surface area contributed by atoms with Crippen molar-refractivity contribution in [3.8, 4) is 0 Å². The van der Waals surface area contributed by atoms with E-state index in [0.717, 1.165) is 14.5 Å². The quantitative estimate of drug-likeness (QED) is 0.884. The first-order chi connectivity index (χ1) is 6.57. The van der Waals surface area contributed by atoms with Crippen LogP contribution in [0.4, 0.5) is 4.39 Å². The topological polar surface area (TPSA) is 20.2 Å². The molecular weight excluding hydrogens is 315 g/mol. The van der Waals surface area contributed by atoms with Gasteiger partial charge in [-0.1, -0.05) is 6.07 Å². The fraction of sp³-hybridized carbons (Fsp3) is 0.400. The number of hydrogen-bond donors (Lipinski definition) is 1. The van der Waals surface area contributed by atoms with Crippen molar-refractivity contribution < 1.29 is 9.50 Å². The Balaban J connectivity index is 2.24. The van der Waals surface area contributed by atoms with Gasteiger partial charge in [0.05, 0.1) is 6.61 Å². The number of benzene rings is 1. The minimum Gasteiger partial charge on any atom is -0.393 e. The van der Waals surface area contributed by atoms with Crippen LogP contribution in [-0.4, -0.2) is 17.4 Å². The summed E-state index contributed by atoms with van der Waals surface area (Å²) in [5.41, 5.74) is -0.440. The second-order valence-electron chi connectivity index (χ2n) is 3.62. The second-order valence-corrected chi connectivity index (χ2v) is 5.33. The predicted octanol–water partition coefficient (Wildman–Crippen LogP) is 3.40. The summed E-state index contributed by atoms with van der Waals surface area (Å²) in [7, 11) is 0. The first-order valence-electron chi connectivity index (χ1n) is 4.31. The van der Waals surface area contributed by atoms with Gasteiger partial charge in [-0.15, -0.1) is 0 Å². The second kappa shape index (κ2) is 3.58. The minimum atomic E-state index is -1.38. The molecule has 14 heavy (non-hydrogen) atoms. The normalized spacial score (nSPS) is 30.4. The van der Waals surface area contributed by atoms with Crippen LogP contribution in [0.2, 0.25) is 0 Å². The Hall–Kier alpha value is 0.0700. The van der Waals surface area contributed by atoms with Crippen molar-refractivity contribution in [2.24, 2.45) is 0 Å². The van der Waals surface area contributed by atoms with Crippen LogP contribution in [0.1, 0.15) is 17.9 Å². The van der Waals surface area contributed by atoms with Crippen molar-refractivity contribution >= 4 is 31.9 Å². The van der Waals surface area contributed by atoms with Crippen molar-refractivity contribution in [2.75, 3.05) is 6.61 Å². The summed E-state index contributed by atoms with van der Waals surface area (Å²) in [4.78, 5) is 0. The van der Waals surface area contributed by atoms with Crippen LogP contribution in [0.5, 0.6) is 0 Å². The van der Waals surface area contributed by atoms with E-state index in [2.05, 4.69) is 31.9 Å². The molecule has 0 amide bonds. The molecule has 76 valence electrons. The molecule has 0 aliphatic heterocycles. The van der Waals surface area contributed by atoms with Gasteiger partial charge in [-0.25, -0.2) is 4.39 Å². The number of halogens is 3. The molecule has 1 saturated carbocycles. The van der Waals surface area contributed by atoms with Gasteiger partial charge in [-0.3, -0.25) is 0 Å². The van der Waals surface area contributed by atoms with E-state index < -0.39 is 5.67 Å². The molecule has 0 aromatic heterocycles. The third-order valence-corrected chi connectivity index (χ3v) is 4.50. The fourth-order valence-corrected chi connectivity index (χ4v) is 2.24. The van der Waals surface area contributed by atoms with Gasteiger partial charge in [0.1, 0.15) is 5.67 Å².